The van der Waals surface area contributed by atoms with Gasteiger partial charge in [0, 0.05) is 5.39 Å². The number of thiocarbonyl (C=S) groups is 1. The van der Waals surface area contributed by atoms with E-state index in [-0.39, 0.29) is 23.2 Å². The van der Waals surface area contributed by atoms with Crippen LogP contribution in [0.25, 0.3) is 16.8 Å². The smallest absolute Gasteiger partial charge is 0.270 e. The van der Waals surface area contributed by atoms with Crippen LogP contribution in [0.1, 0.15) is 5.56 Å². The monoisotopic (exact) mass is 423 g/mol. The number of methoxy groups -OCH3 is 2. The minimum Gasteiger partial charge on any atom is -0.502 e. The Bertz CT molecular complexity index is 1140. The van der Waals surface area contributed by atoms with Gasteiger partial charge in [-0.15, -0.1) is 0 Å². The van der Waals surface area contributed by atoms with Gasteiger partial charge in [-0.05, 0) is 35.2 Å². The van der Waals surface area contributed by atoms with Crippen molar-refractivity contribution >= 4 is 56.7 Å². The molecule has 1 aliphatic heterocycles. The number of hydrogen-bond donors (Lipinski definition) is 1. The number of aromatic hydroxyl groups is 1. The highest BCUT2D eigenvalue weighted by molar-refractivity contribution is 8.27. The van der Waals surface area contributed by atoms with Crippen molar-refractivity contribution in [3.63, 3.8) is 0 Å². The summed E-state index contributed by atoms with van der Waals surface area (Å²) >= 11 is 6.75. The number of fused-ring (bicyclic) bond motifs is 1. The normalized spacial score (nSPS) is 15.4. The summed E-state index contributed by atoms with van der Waals surface area (Å²) < 4.78 is 10.9. The van der Waals surface area contributed by atoms with E-state index in [0.717, 1.165) is 16.5 Å². The molecule has 0 aromatic heterocycles. The van der Waals surface area contributed by atoms with Gasteiger partial charge in [-0.2, -0.15) is 0 Å². The molecule has 0 spiro atoms. The molecule has 1 fully saturated rings. The van der Waals surface area contributed by atoms with Gasteiger partial charge in [0.1, 0.15) is 0 Å². The summed E-state index contributed by atoms with van der Waals surface area (Å²) in [6.45, 7) is 0. The van der Waals surface area contributed by atoms with Crippen LogP contribution in [0.3, 0.4) is 0 Å². The van der Waals surface area contributed by atoms with Crippen molar-refractivity contribution in [3.05, 3.63) is 65.1 Å². The number of thioether (sulfide) groups is 1. The number of amides is 1. The fourth-order valence-corrected chi connectivity index (χ4v) is 4.51. The molecule has 1 aliphatic rings. The Hall–Kier alpha value is -3.03. The molecule has 1 amide bonds. The zero-order chi connectivity index (χ0) is 20.5. The summed E-state index contributed by atoms with van der Waals surface area (Å²) in [5.74, 6) is 0.248. The number of benzene rings is 3. The summed E-state index contributed by atoms with van der Waals surface area (Å²) in [5.41, 5.74) is 1.42. The molecule has 146 valence electrons. The lowest BCUT2D eigenvalue weighted by Crippen LogP contribution is -2.27. The number of phenolic OH excluding ortho intramolecular Hbond substituents is 1. The lowest BCUT2D eigenvalue weighted by molar-refractivity contribution is -0.113. The minimum absolute atomic E-state index is 0.0875. The van der Waals surface area contributed by atoms with Gasteiger partial charge in [-0.25, -0.2) is 0 Å². The van der Waals surface area contributed by atoms with Gasteiger partial charge < -0.3 is 14.6 Å². The Morgan fingerprint density at radius 2 is 1.69 bits per heavy atom. The molecule has 29 heavy (non-hydrogen) atoms. The molecule has 0 unspecified atom stereocenters. The third-order valence-corrected chi connectivity index (χ3v) is 5.90. The predicted octanol–water partition coefficient (Wildman–Crippen LogP) is 4.97. The van der Waals surface area contributed by atoms with E-state index in [1.807, 2.05) is 42.5 Å². The van der Waals surface area contributed by atoms with Crippen molar-refractivity contribution in [3.8, 4) is 17.2 Å². The van der Waals surface area contributed by atoms with Crippen molar-refractivity contribution in [2.75, 3.05) is 19.1 Å². The van der Waals surface area contributed by atoms with Crippen LogP contribution >= 0.6 is 24.0 Å². The molecular formula is C22H17NO4S2. The van der Waals surface area contributed by atoms with Gasteiger partial charge in [0.25, 0.3) is 5.91 Å². The van der Waals surface area contributed by atoms with E-state index < -0.39 is 0 Å². The molecule has 1 saturated heterocycles. The zero-order valence-electron chi connectivity index (χ0n) is 15.7. The molecule has 3 aromatic carbocycles. The van der Waals surface area contributed by atoms with Crippen molar-refractivity contribution < 1.29 is 19.4 Å². The maximum Gasteiger partial charge on any atom is 0.270 e. The average Bonchev–Trinajstić information content (AvgIpc) is 3.01. The van der Waals surface area contributed by atoms with E-state index in [0.29, 0.717) is 14.8 Å². The fraction of sp³-hybridized carbons (Fsp3) is 0.0909. The summed E-state index contributed by atoms with van der Waals surface area (Å²) in [7, 11) is 2.91. The predicted molar refractivity (Wildman–Crippen MR) is 121 cm³/mol. The molecule has 5 nitrogen and oxygen atoms in total. The van der Waals surface area contributed by atoms with Crippen LogP contribution in [0.5, 0.6) is 17.2 Å². The third kappa shape index (κ3) is 3.43. The summed E-state index contributed by atoms with van der Waals surface area (Å²) in [6.07, 6.45) is 1.72. The first kappa shape index (κ1) is 19.3. The second-order valence-electron chi connectivity index (χ2n) is 6.29. The molecule has 1 heterocycles. The van der Waals surface area contributed by atoms with E-state index >= 15 is 0 Å². The summed E-state index contributed by atoms with van der Waals surface area (Å²) in [6, 6.07) is 17.0. The van der Waals surface area contributed by atoms with Crippen LogP contribution in [0.4, 0.5) is 5.69 Å². The Labute approximate surface area is 177 Å². The highest BCUT2D eigenvalue weighted by atomic mass is 32.2. The second kappa shape index (κ2) is 7.77. The van der Waals surface area contributed by atoms with E-state index in [9.17, 15) is 9.90 Å². The third-order valence-electron chi connectivity index (χ3n) is 4.60. The molecule has 4 rings (SSSR count). The van der Waals surface area contributed by atoms with Gasteiger partial charge in [0.2, 0.25) is 5.75 Å². The van der Waals surface area contributed by atoms with Crippen LogP contribution in [0, 0.1) is 0 Å². The van der Waals surface area contributed by atoms with E-state index in [1.165, 1.54) is 26.0 Å². The lowest BCUT2D eigenvalue weighted by Gasteiger charge is -2.17. The molecular weight excluding hydrogens is 406 g/mol. The molecule has 3 aromatic rings. The quantitative estimate of drug-likeness (QED) is 0.472. The topological polar surface area (TPSA) is 59.0 Å². The SMILES string of the molecule is COc1cc(/C=C2\SC(=S)N(c3cccc4ccccc34)C2=O)cc(OC)c1O. The number of ether oxygens (including phenoxy) is 2. The Kier molecular flexibility index (Phi) is 5.17. The molecule has 0 bridgehead atoms. The standard InChI is InChI=1S/C22H17NO4S2/c1-26-17-10-13(11-18(27-2)20(17)24)12-19-21(25)23(22(28)29-19)16-9-5-7-14-6-3-4-8-15(14)16/h3-12,24H,1-2H3/b19-12-. The first-order chi connectivity index (χ1) is 14.0. The first-order valence-electron chi connectivity index (χ1n) is 8.74. The molecule has 0 radical (unpaired) electrons. The average molecular weight is 424 g/mol. The molecule has 1 N–H and O–H groups in total. The number of nitrogens with zero attached hydrogens (tertiary/aromatic N) is 1. The number of hydrogen-bond acceptors (Lipinski definition) is 6. The number of anilines is 1. The van der Waals surface area contributed by atoms with Crippen LogP contribution in [-0.2, 0) is 4.79 Å². The van der Waals surface area contributed by atoms with E-state index in [2.05, 4.69) is 0 Å². The van der Waals surface area contributed by atoms with Gasteiger partial charge >= 0.3 is 0 Å². The molecule has 0 saturated carbocycles. The number of carbonyl (C=O) groups excluding carboxylic acids is 1. The number of carbonyl (C=O) groups is 1. The Balaban J connectivity index is 1.76. The Morgan fingerprint density at radius 1 is 1.03 bits per heavy atom. The maximum absolute atomic E-state index is 13.2. The Morgan fingerprint density at radius 3 is 2.38 bits per heavy atom. The van der Waals surface area contributed by atoms with Gasteiger partial charge in [0.05, 0.1) is 24.8 Å². The largest absolute Gasteiger partial charge is 0.502 e. The first-order valence-corrected chi connectivity index (χ1v) is 9.96. The van der Waals surface area contributed by atoms with Crippen LogP contribution in [0.2, 0.25) is 0 Å². The maximum atomic E-state index is 13.2. The second-order valence-corrected chi connectivity index (χ2v) is 7.97. The van der Waals surface area contributed by atoms with Crippen molar-refractivity contribution in [1.29, 1.82) is 0 Å². The zero-order valence-corrected chi connectivity index (χ0v) is 17.3. The minimum atomic E-state index is -0.192. The summed E-state index contributed by atoms with van der Waals surface area (Å²) in [5, 5.41) is 12.1. The van der Waals surface area contributed by atoms with Crippen molar-refractivity contribution in [1.82, 2.24) is 0 Å². The molecule has 7 heteroatoms. The fourth-order valence-electron chi connectivity index (χ4n) is 3.23. The number of phenols is 1. The van der Waals surface area contributed by atoms with Crippen LogP contribution in [-0.4, -0.2) is 29.6 Å². The van der Waals surface area contributed by atoms with E-state index in [4.69, 9.17) is 21.7 Å². The van der Waals surface area contributed by atoms with Gasteiger partial charge in [-0.3, -0.25) is 9.69 Å². The highest BCUT2D eigenvalue weighted by Gasteiger charge is 2.34. The highest BCUT2D eigenvalue weighted by Crippen LogP contribution is 2.41. The van der Waals surface area contributed by atoms with Crippen LogP contribution < -0.4 is 14.4 Å². The number of rotatable bonds is 4. The lowest BCUT2D eigenvalue weighted by atomic mass is 10.1. The molecule has 0 aliphatic carbocycles. The molecule has 0 atom stereocenters. The van der Waals surface area contributed by atoms with Crippen LogP contribution in [0.15, 0.2) is 59.5 Å². The van der Waals surface area contributed by atoms with Crippen molar-refractivity contribution in [2.24, 2.45) is 0 Å². The van der Waals surface area contributed by atoms with E-state index in [1.54, 1.807) is 23.1 Å². The summed E-state index contributed by atoms with van der Waals surface area (Å²) in [4.78, 5) is 15.2. The van der Waals surface area contributed by atoms with Gasteiger partial charge in [-0.1, -0.05) is 60.4 Å². The van der Waals surface area contributed by atoms with Crippen molar-refractivity contribution in [2.45, 2.75) is 0 Å². The van der Waals surface area contributed by atoms with Gasteiger partial charge in [0.15, 0.2) is 15.8 Å².